The Labute approximate surface area is 52.5 Å². The van der Waals surface area contributed by atoms with E-state index in [-0.39, 0.29) is 0 Å². The van der Waals surface area contributed by atoms with E-state index in [0.29, 0.717) is 0 Å². The van der Waals surface area contributed by atoms with E-state index in [2.05, 4.69) is 29.5 Å². The molecule has 1 saturated carbocycles. The van der Waals surface area contributed by atoms with Crippen molar-refractivity contribution in [3.63, 3.8) is 0 Å². The molecule has 0 aromatic carbocycles. The summed E-state index contributed by atoms with van der Waals surface area (Å²) in [7, 11) is 0. The molecular weight excluding hydrogens is 187 g/mol. The number of rotatable bonds is 0. The van der Waals surface area contributed by atoms with Gasteiger partial charge in [-0.3, -0.25) is 0 Å². The highest BCUT2D eigenvalue weighted by molar-refractivity contribution is 14.1. The van der Waals surface area contributed by atoms with Crippen LogP contribution in [0.1, 0.15) is 19.8 Å². The summed E-state index contributed by atoms with van der Waals surface area (Å²) in [5.74, 6) is 1.02. The largest absolute Gasteiger partial charge is 0.0823 e. The molecule has 1 heteroatoms. The molecule has 0 radical (unpaired) electrons. The summed E-state index contributed by atoms with van der Waals surface area (Å²) in [5, 5.41) is 0. The van der Waals surface area contributed by atoms with E-state index < -0.39 is 0 Å². The van der Waals surface area contributed by atoms with Crippen molar-refractivity contribution in [1.29, 1.82) is 0 Å². The predicted molar refractivity (Wildman–Crippen MR) is 36.2 cm³/mol. The van der Waals surface area contributed by atoms with E-state index in [9.17, 15) is 0 Å². The van der Waals surface area contributed by atoms with Gasteiger partial charge >= 0.3 is 0 Å². The zero-order valence-electron chi connectivity index (χ0n) is 3.95. The summed E-state index contributed by atoms with van der Waals surface area (Å²) in [6, 6.07) is 0. The smallest absolute Gasteiger partial charge is 0.0135 e. The molecule has 0 N–H and O–H groups in total. The fraction of sp³-hybridized carbons (Fsp3) is 1.00. The van der Waals surface area contributed by atoms with Gasteiger partial charge in [0.25, 0.3) is 0 Å². The molecule has 1 aliphatic carbocycles. The highest BCUT2D eigenvalue weighted by Crippen LogP contribution is 2.33. The Morgan fingerprint density at radius 2 is 2.00 bits per heavy atom. The van der Waals surface area contributed by atoms with Gasteiger partial charge in [0.15, 0.2) is 0 Å². The molecular formula is C5H9I. The second-order valence-electron chi connectivity index (χ2n) is 2.07. The van der Waals surface area contributed by atoms with E-state index in [0.717, 1.165) is 9.84 Å². The van der Waals surface area contributed by atoms with Crippen LogP contribution in [0.3, 0.4) is 0 Å². The summed E-state index contributed by atoms with van der Waals surface area (Å²) in [4.78, 5) is 0. The Balaban J connectivity index is 2.20. The summed E-state index contributed by atoms with van der Waals surface area (Å²) in [6.07, 6.45) is 2.93. The van der Waals surface area contributed by atoms with Crippen LogP contribution in [-0.4, -0.2) is 3.92 Å². The van der Waals surface area contributed by atoms with Crippen molar-refractivity contribution in [2.45, 2.75) is 23.7 Å². The maximum absolute atomic E-state index is 2.52. The highest BCUT2D eigenvalue weighted by atomic mass is 127. The second-order valence-corrected chi connectivity index (χ2v) is 3.67. The molecule has 2 atom stereocenters. The van der Waals surface area contributed by atoms with Gasteiger partial charge in [-0.15, -0.1) is 0 Å². The van der Waals surface area contributed by atoms with Crippen LogP contribution >= 0.6 is 22.6 Å². The van der Waals surface area contributed by atoms with Crippen molar-refractivity contribution in [2.24, 2.45) is 5.92 Å². The lowest BCUT2D eigenvalue weighted by Crippen LogP contribution is -2.21. The SMILES string of the molecule is C[C@@H]1CCC1I. The van der Waals surface area contributed by atoms with E-state index >= 15 is 0 Å². The quantitative estimate of drug-likeness (QED) is 0.411. The van der Waals surface area contributed by atoms with Gasteiger partial charge in [0.2, 0.25) is 0 Å². The van der Waals surface area contributed by atoms with Crippen LogP contribution in [0.5, 0.6) is 0 Å². The third-order valence-electron chi connectivity index (χ3n) is 1.52. The third kappa shape index (κ3) is 0.695. The lowest BCUT2D eigenvalue weighted by atomic mass is 9.87. The average molecular weight is 196 g/mol. The van der Waals surface area contributed by atoms with E-state index in [1.807, 2.05) is 0 Å². The first kappa shape index (κ1) is 4.88. The van der Waals surface area contributed by atoms with Crippen LogP contribution in [0, 0.1) is 5.92 Å². The van der Waals surface area contributed by atoms with E-state index in [1.165, 1.54) is 12.8 Å². The lowest BCUT2D eigenvalue weighted by Gasteiger charge is -2.27. The van der Waals surface area contributed by atoms with Gasteiger partial charge in [-0.1, -0.05) is 29.5 Å². The summed E-state index contributed by atoms with van der Waals surface area (Å²) in [6.45, 7) is 2.32. The average Bonchev–Trinajstić information content (AvgIpc) is 1.61. The van der Waals surface area contributed by atoms with Crippen LogP contribution in [0.25, 0.3) is 0 Å². The van der Waals surface area contributed by atoms with Crippen molar-refractivity contribution in [3.05, 3.63) is 0 Å². The van der Waals surface area contributed by atoms with Crippen LogP contribution in [-0.2, 0) is 0 Å². The van der Waals surface area contributed by atoms with Gasteiger partial charge < -0.3 is 0 Å². The maximum Gasteiger partial charge on any atom is 0.0135 e. The van der Waals surface area contributed by atoms with Gasteiger partial charge in [0.05, 0.1) is 0 Å². The monoisotopic (exact) mass is 196 g/mol. The van der Waals surface area contributed by atoms with Crippen molar-refractivity contribution >= 4 is 22.6 Å². The number of halogens is 1. The Morgan fingerprint density at radius 3 is 2.00 bits per heavy atom. The Kier molecular flexibility index (Phi) is 1.37. The molecule has 0 heterocycles. The van der Waals surface area contributed by atoms with Gasteiger partial charge in [-0.05, 0) is 18.8 Å². The third-order valence-corrected chi connectivity index (χ3v) is 3.37. The number of hydrogen-bond donors (Lipinski definition) is 0. The molecule has 1 unspecified atom stereocenters. The first-order valence-corrected chi connectivity index (χ1v) is 3.69. The van der Waals surface area contributed by atoms with Crippen LogP contribution in [0.15, 0.2) is 0 Å². The predicted octanol–water partition coefficient (Wildman–Crippen LogP) is 2.22. The fourth-order valence-electron chi connectivity index (χ4n) is 0.626. The molecule has 6 heavy (non-hydrogen) atoms. The molecule has 0 amide bonds. The fourth-order valence-corrected chi connectivity index (χ4v) is 1.35. The molecule has 0 aliphatic heterocycles. The minimum Gasteiger partial charge on any atom is -0.0823 e. The Hall–Kier alpha value is 0.730. The number of alkyl halides is 1. The van der Waals surface area contributed by atoms with Crippen LogP contribution < -0.4 is 0 Å². The summed E-state index contributed by atoms with van der Waals surface area (Å²) >= 11 is 2.52. The van der Waals surface area contributed by atoms with Crippen molar-refractivity contribution in [1.82, 2.24) is 0 Å². The van der Waals surface area contributed by atoms with Crippen molar-refractivity contribution < 1.29 is 0 Å². The minimum atomic E-state index is 1.00. The first-order valence-electron chi connectivity index (χ1n) is 2.45. The molecule has 0 aromatic rings. The molecule has 1 aliphatic rings. The van der Waals surface area contributed by atoms with E-state index in [1.54, 1.807) is 0 Å². The summed E-state index contributed by atoms with van der Waals surface area (Å²) < 4.78 is 1.00. The topological polar surface area (TPSA) is 0 Å². The first-order chi connectivity index (χ1) is 2.80. The molecule has 0 saturated heterocycles. The van der Waals surface area contributed by atoms with Gasteiger partial charge in [-0.25, -0.2) is 0 Å². The zero-order valence-corrected chi connectivity index (χ0v) is 6.10. The molecule has 0 bridgehead atoms. The maximum atomic E-state index is 2.52. The lowest BCUT2D eigenvalue weighted by molar-refractivity contribution is 0.378. The number of hydrogen-bond acceptors (Lipinski definition) is 0. The van der Waals surface area contributed by atoms with Gasteiger partial charge in [-0.2, -0.15) is 0 Å². The Morgan fingerprint density at radius 1 is 1.50 bits per heavy atom. The Bertz CT molecular complexity index is 43.9. The minimum absolute atomic E-state index is 1.00. The van der Waals surface area contributed by atoms with Crippen molar-refractivity contribution in [3.8, 4) is 0 Å². The normalized spacial score (nSPS) is 45.0. The standard InChI is InChI=1S/C5H9I/c1-4-2-3-5(4)6/h4-5H,2-3H2,1H3/t4-,5?/m1/s1. The molecule has 36 valence electrons. The molecule has 1 fully saturated rings. The molecule has 0 spiro atoms. The van der Waals surface area contributed by atoms with Crippen molar-refractivity contribution in [2.75, 3.05) is 0 Å². The highest BCUT2D eigenvalue weighted by Gasteiger charge is 2.22. The molecule has 0 nitrogen and oxygen atoms in total. The van der Waals surface area contributed by atoms with Gasteiger partial charge in [0, 0.05) is 3.92 Å². The van der Waals surface area contributed by atoms with Crippen LogP contribution in [0.4, 0.5) is 0 Å². The zero-order chi connectivity index (χ0) is 4.57. The van der Waals surface area contributed by atoms with E-state index in [4.69, 9.17) is 0 Å². The molecule has 0 aromatic heterocycles. The molecule has 1 rings (SSSR count). The second kappa shape index (κ2) is 1.68. The van der Waals surface area contributed by atoms with Crippen LogP contribution in [0.2, 0.25) is 0 Å². The van der Waals surface area contributed by atoms with Gasteiger partial charge in [0.1, 0.15) is 0 Å². The summed E-state index contributed by atoms with van der Waals surface area (Å²) in [5.41, 5.74) is 0.